The van der Waals surface area contributed by atoms with Crippen LogP contribution in [0.25, 0.3) is 10.8 Å². The Kier molecular flexibility index (Phi) is 7.94. The van der Waals surface area contributed by atoms with Gasteiger partial charge in [0.15, 0.2) is 0 Å². The molecule has 0 aliphatic rings. The number of benzene rings is 3. The molecule has 0 aliphatic carbocycles. The smallest absolute Gasteiger partial charge is 0.242 e. The van der Waals surface area contributed by atoms with Crippen molar-refractivity contribution in [3.8, 4) is 0 Å². The Morgan fingerprint density at radius 3 is 2.29 bits per heavy atom. The van der Waals surface area contributed by atoms with Crippen molar-refractivity contribution in [3.05, 3.63) is 81.8 Å². The van der Waals surface area contributed by atoms with Crippen LogP contribution in [0.3, 0.4) is 0 Å². The molecule has 2 amide bonds. The molecule has 0 aromatic heterocycles. The Morgan fingerprint density at radius 1 is 0.968 bits per heavy atom. The third-order valence-corrected chi connectivity index (χ3v) is 6.22. The van der Waals surface area contributed by atoms with Crippen molar-refractivity contribution < 1.29 is 9.59 Å². The van der Waals surface area contributed by atoms with Crippen LogP contribution >= 0.6 is 23.2 Å². The van der Waals surface area contributed by atoms with Crippen LogP contribution in [0.4, 0.5) is 0 Å². The van der Waals surface area contributed by atoms with Crippen LogP contribution in [-0.4, -0.2) is 29.8 Å². The van der Waals surface area contributed by atoms with Gasteiger partial charge in [0, 0.05) is 35.6 Å². The molecule has 162 valence electrons. The predicted molar refractivity (Wildman–Crippen MR) is 127 cm³/mol. The summed E-state index contributed by atoms with van der Waals surface area (Å²) in [6, 6.07) is 18.9. The van der Waals surface area contributed by atoms with E-state index >= 15 is 0 Å². The summed E-state index contributed by atoms with van der Waals surface area (Å²) in [5.74, 6) is -0.316. The Bertz CT molecular complexity index is 1060. The second-order valence-electron chi connectivity index (χ2n) is 7.40. The fourth-order valence-corrected chi connectivity index (χ4v) is 4.35. The molecule has 3 aromatic carbocycles. The maximum absolute atomic E-state index is 13.4. The summed E-state index contributed by atoms with van der Waals surface area (Å²) in [6.07, 6.45) is 1.35. The molecule has 0 spiro atoms. The molecule has 1 unspecified atom stereocenters. The van der Waals surface area contributed by atoms with Crippen LogP contribution < -0.4 is 5.32 Å². The zero-order valence-corrected chi connectivity index (χ0v) is 19.2. The zero-order chi connectivity index (χ0) is 22.4. The third-order valence-electron chi connectivity index (χ3n) is 5.51. The molecule has 1 N–H and O–H groups in total. The highest BCUT2D eigenvalue weighted by Gasteiger charge is 2.29. The number of fused-ring (bicyclic) bond motifs is 1. The van der Waals surface area contributed by atoms with Crippen LogP contribution in [0.1, 0.15) is 30.9 Å². The van der Waals surface area contributed by atoms with Crippen LogP contribution in [0, 0.1) is 0 Å². The predicted octanol–water partition coefficient (Wildman–Crippen LogP) is 5.63. The van der Waals surface area contributed by atoms with Crippen LogP contribution in [0.2, 0.25) is 10.0 Å². The van der Waals surface area contributed by atoms with Crippen molar-refractivity contribution in [2.24, 2.45) is 0 Å². The third kappa shape index (κ3) is 5.38. The fourth-order valence-electron chi connectivity index (χ4n) is 3.84. The Labute approximate surface area is 193 Å². The van der Waals surface area contributed by atoms with Gasteiger partial charge in [-0.1, -0.05) is 78.7 Å². The van der Waals surface area contributed by atoms with Crippen molar-refractivity contribution in [1.82, 2.24) is 10.2 Å². The number of nitrogens with one attached hydrogen (secondary N) is 1. The number of carbonyl (C=O) groups is 2. The van der Waals surface area contributed by atoms with Gasteiger partial charge in [-0.3, -0.25) is 9.59 Å². The number of aryl methyl sites for hydroxylation is 1. The molecule has 0 saturated carbocycles. The summed E-state index contributed by atoms with van der Waals surface area (Å²) in [6.45, 7) is 2.07. The monoisotopic (exact) mass is 456 g/mol. The quantitative estimate of drug-likeness (QED) is 0.477. The lowest BCUT2D eigenvalue weighted by Gasteiger charge is -2.31. The van der Waals surface area contributed by atoms with E-state index in [0.717, 1.165) is 16.3 Å². The summed E-state index contributed by atoms with van der Waals surface area (Å²) in [5, 5.41) is 5.90. The molecule has 3 aromatic rings. The van der Waals surface area contributed by atoms with Crippen molar-refractivity contribution in [1.29, 1.82) is 0 Å². The summed E-state index contributed by atoms with van der Waals surface area (Å²) < 4.78 is 0. The van der Waals surface area contributed by atoms with Crippen LogP contribution in [-0.2, 0) is 22.6 Å². The van der Waals surface area contributed by atoms with E-state index in [0.29, 0.717) is 28.5 Å². The molecule has 0 bridgehead atoms. The minimum absolute atomic E-state index is 0.112. The van der Waals surface area contributed by atoms with Gasteiger partial charge in [0.25, 0.3) is 0 Å². The minimum Gasteiger partial charge on any atom is -0.357 e. The number of hydrogen-bond acceptors (Lipinski definition) is 2. The zero-order valence-electron chi connectivity index (χ0n) is 17.7. The SMILES string of the molecule is CCC(C(=O)NC)N(Cc1c(Cl)cccc1Cl)C(=O)CCc1cccc2ccccc12. The topological polar surface area (TPSA) is 49.4 Å². The molecular formula is C25H26Cl2N2O2. The van der Waals surface area contributed by atoms with Crippen molar-refractivity contribution in [3.63, 3.8) is 0 Å². The lowest BCUT2D eigenvalue weighted by atomic mass is 10.00. The van der Waals surface area contributed by atoms with Crippen LogP contribution in [0.5, 0.6) is 0 Å². The van der Waals surface area contributed by atoms with Gasteiger partial charge >= 0.3 is 0 Å². The van der Waals surface area contributed by atoms with E-state index in [1.807, 2.05) is 31.2 Å². The first kappa shape index (κ1) is 23.1. The number of halogens is 2. The van der Waals surface area contributed by atoms with E-state index < -0.39 is 6.04 Å². The average Bonchev–Trinajstić information content (AvgIpc) is 2.78. The van der Waals surface area contributed by atoms with Crippen molar-refractivity contribution in [2.75, 3.05) is 7.05 Å². The molecule has 0 radical (unpaired) electrons. The number of amides is 2. The first-order chi connectivity index (χ1) is 15.0. The lowest BCUT2D eigenvalue weighted by molar-refractivity contribution is -0.141. The van der Waals surface area contributed by atoms with Gasteiger partial charge in [0.1, 0.15) is 6.04 Å². The largest absolute Gasteiger partial charge is 0.357 e. The van der Waals surface area contributed by atoms with E-state index in [-0.39, 0.29) is 24.8 Å². The highest BCUT2D eigenvalue weighted by Crippen LogP contribution is 2.28. The summed E-state index contributed by atoms with van der Waals surface area (Å²) in [4.78, 5) is 27.5. The molecule has 4 nitrogen and oxygen atoms in total. The Balaban J connectivity index is 1.87. The fraction of sp³-hybridized carbons (Fsp3) is 0.280. The number of nitrogens with zero attached hydrogens (tertiary/aromatic N) is 1. The van der Waals surface area contributed by atoms with Gasteiger partial charge in [-0.2, -0.15) is 0 Å². The first-order valence-corrected chi connectivity index (χ1v) is 11.1. The highest BCUT2D eigenvalue weighted by molar-refractivity contribution is 6.36. The Morgan fingerprint density at radius 2 is 1.61 bits per heavy atom. The molecule has 1 atom stereocenters. The summed E-state index contributed by atoms with van der Waals surface area (Å²) in [7, 11) is 1.58. The van der Waals surface area contributed by atoms with E-state index in [2.05, 4.69) is 23.5 Å². The van der Waals surface area contributed by atoms with Gasteiger partial charge < -0.3 is 10.2 Å². The highest BCUT2D eigenvalue weighted by atomic mass is 35.5. The number of carbonyl (C=O) groups excluding carboxylic acids is 2. The molecule has 3 rings (SSSR count). The standard InChI is InChI=1S/C25H26Cl2N2O2/c1-3-23(25(31)28-2)29(16-20-21(26)12-7-13-22(20)27)24(30)15-14-18-10-6-9-17-8-4-5-11-19(17)18/h4-13,23H,3,14-16H2,1-2H3,(H,28,31). The number of rotatable bonds is 8. The molecule has 0 saturated heterocycles. The van der Waals surface area contributed by atoms with Gasteiger partial charge in [-0.25, -0.2) is 0 Å². The van der Waals surface area contributed by atoms with E-state index in [1.54, 1.807) is 30.1 Å². The van der Waals surface area contributed by atoms with Gasteiger partial charge in [0.05, 0.1) is 0 Å². The molecular weight excluding hydrogens is 431 g/mol. The number of hydrogen-bond donors (Lipinski definition) is 1. The summed E-state index contributed by atoms with van der Waals surface area (Å²) in [5.41, 5.74) is 1.75. The molecule has 6 heteroatoms. The molecule has 0 aliphatic heterocycles. The molecule has 0 heterocycles. The normalized spacial score (nSPS) is 11.9. The second-order valence-corrected chi connectivity index (χ2v) is 8.21. The van der Waals surface area contributed by atoms with E-state index in [4.69, 9.17) is 23.2 Å². The summed E-state index contributed by atoms with van der Waals surface area (Å²) >= 11 is 12.7. The second kappa shape index (κ2) is 10.7. The van der Waals surface area contributed by atoms with Gasteiger partial charge in [-0.15, -0.1) is 0 Å². The van der Waals surface area contributed by atoms with Crippen molar-refractivity contribution >= 4 is 45.8 Å². The van der Waals surface area contributed by atoms with Gasteiger partial charge in [-0.05, 0) is 41.3 Å². The van der Waals surface area contributed by atoms with E-state index in [9.17, 15) is 9.59 Å². The molecule has 31 heavy (non-hydrogen) atoms. The first-order valence-electron chi connectivity index (χ1n) is 10.4. The molecule has 0 fully saturated rings. The lowest BCUT2D eigenvalue weighted by Crippen LogP contribution is -2.48. The van der Waals surface area contributed by atoms with Crippen molar-refractivity contribution in [2.45, 2.75) is 38.8 Å². The van der Waals surface area contributed by atoms with Gasteiger partial charge in [0.2, 0.25) is 11.8 Å². The maximum atomic E-state index is 13.4. The maximum Gasteiger partial charge on any atom is 0.242 e. The Hall–Kier alpha value is -2.56. The minimum atomic E-state index is -0.600. The van der Waals surface area contributed by atoms with E-state index in [1.165, 1.54) is 0 Å². The average molecular weight is 457 g/mol. The number of likely N-dealkylation sites (N-methyl/N-ethyl adjacent to an activating group) is 1. The van der Waals surface area contributed by atoms with Crippen LogP contribution in [0.15, 0.2) is 60.7 Å².